The van der Waals surface area contributed by atoms with Crippen molar-refractivity contribution >= 4 is 190 Å². The Balaban J connectivity index is 0.722. The van der Waals surface area contributed by atoms with Gasteiger partial charge in [-0.05, 0) is 234 Å². The lowest BCUT2D eigenvalue weighted by Gasteiger charge is -2.26. The van der Waals surface area contributed by atoms with Crippen LogP contribution in [0.1, 0.15) is 260 Å². The molecule has 15 aromatic rings. The molecule has 6 aromatic carbocycles. The molecule has 16 heteroatoms. The molecule has 0 bridgehead atoms. The Labute approximate surface area is 737 Å². The van der Waals surface area contributed by atoms with E-state index in [1.165, 1.54) is 300 Å². The first kappa shape index (κ1) is 85.0. The van der Waals surface area contributed by atoms with Crippen LogP contribution in [0.15, 0.2) is 162 Å². The number of nitrogens with zero attached hydrogens (tertiary/aromatic N) is 7. The molecule has 0 unspecified atom stereocenters. The van der Waals surface area contributed by atoms with E-state index < -0.39 is 0 Å². The van der Waals surface area contributed by atoms with Gasteiger partial charge in [-0.2, -0.15) is 26.2 Å². The van der Waals surface area contributed by atoms with Crippen molar-refractivity contribution < 1.29 is 0 Å². The lowest BCUT2D eigenvalue weighted by molar-refractivity contribution is 0.667. The van der Waals surface area contributed by atoms with Gasteiger partial charge in [0.2, 0.25) is 0 Å². The molecule has 0 N–H and O–H groups in total. The maximum Gasteiger partial charge on any atom is 0.114 e. The van der Waals surface area contributed by atoms with Crippen LogP contribution in [0.3, 0.4) is 0 Å². The normalized spacial score (nSPS) is 12.1. The predicted molar refractivity (Wildman–Crippen MR) is 527 cm³/mol. The number of hydrogen-bond acceptors (Lipinski definition) is 16. The molecule has 0 aliphatic carbocycles. The molecule has 0 atom stereocenters. The Hall–Kier alpha value is -8.00. The van der Waals surface area contributed by atoms with E-state index in [1.54, 1.807) is 0 Å². The van der Waals surface area contributed by atoms with Crippen molar-refractivity contribution in [2.24, 2.45) is 0 Å². The second-order valence-electron chi connectivity index (χ2n) is 31.8. The Kier molecular flexibility index (Phi) is 31.0. The number of aromatic nitrogens is 6. The number of thiophene rings is 6. The van der Waals surface area contributed by atoms with E-state index in [-0.39, 0.29) is 0 Å². The molecule has 0 aliphatic heterocycles. The molecule has 0 aliphatic rings. The first-order valence-corrected chi connectivity index (χ1v) is 51.1. The topological polar surface area (TPSA) is 80.6 Å². The zero-order valence-corrected chi connectivity index (χ0v) is 76.9. The largest absolute Gasteiger partial charge is 0.311 e. The summed E-state index contributed by atoms with van der Waals surface area (Å²) in [4.78, 5) is 14.0. The highest BCUT2D eigenvalue weighted by molar-refractivity contribution is 7.18. The van der Waals surface area contributed by atoms with Crippen LogP contribution in [-0.4, -0.2) is 26.2 Å². The van der Waals surface area contributed by atoms with Gasteiger partial charge in [-0.25, -0.2) is 0 Å². The van der Waals surface area contributed by atoms with Crippen LogP contribution in [0.5, 0.6) is 0 Å². The highest BCUT2D eigenvalue weighted by Crippen LogP contribution is 2.47. The van der Waals surface area contributed by atoms with Crippen LogP contribution in [0.4, 0.5) is 17.1 Å². The van der Waals surface area contributed by atoms with Gasteiger partial charge in [0.15, 0.2) is 0 Å². The van der Waals surface area contributed by atoms with Crippen LogP contribution >= 0.6 is 103 Å². The Morgan fingerprint density at radius 2 is 0.483 bits per heavy atom. The van der Waals surface area contributed by atoms with E-state index in [0.717, 1.165) is 105 Å². The molecule has 9 heterocycles. The number of unbranched alkanes of at least 4 members (excludes halogenated alkanes) is 18. The zero-order valence-electron chi connectivity index (χ0n) is 69.6. The third-order valence-corrected chi connectivity index (χ3v) is 31.1. The second-order valence-corrected chi connectivity index (χ2v) is 39.4. The number of rotatable bonds is 45. The smallest absolute Gasteiger partial charge is 0.114 e. The molecule has 0 spiro atoms. The van der Waals surface area contributed by atoms with Gasteiger partial charge in [0, 0.05) is 94.3 Å². The minimum atomic E-state index is 1.01. The maximum absolute atomic E-state index is 4.99. The van der Waals surface area contributed by atoms with E-state index in [2.05, 4.69) is 245 Å². The summed E-state index contributed by atoms with van der Waals surface area (Å²) in [7, 11) is 0. The van der Waals surface area contributed by atoms with E-state index in [0.29, 0.717) is 0 Å². The van der Waals surface area contributed by atoms with E-state index >= 15 is 0 Å². The van der Waals surface area contributed by atoms with E-state index in [4.69, 9.17) is 26.2 Å². The van der Waals surface area contributed by atoms with Crippen molar-refractivity contribution in [2.45, 2.75) is 234 Å². The minimum absolute atomic E-state index is 1.01. The van der Waals surface area contributed by atoms with Crippen LogP contribution in [0.25, 0.3) is 132 Å². The summed E-state index contributed by atoms with van der Waals surface area (Å²) in [5.41, 5.74) is 28.4. The Bertz CT molecular complexity index is 5220. The highest BCUT2D eigenvalue weighted by atomic mass is 32.1. The average Bonchev–Trinajstić information content (AvgIpc) is 1.57. The highest BCUT2D eigenvalue weighted by Gasteiger charge is 2.23. The first-order valence-electron chi connectivity index (χ1n) is 43.8. The summed E-state index contributed by atoms with van der Waals surface area (Å²) < 4.78 is 29.8. The van der Waals surface area contributed by atoms with Gasteiger partial charge in [-0.3, -0.25) is 0 Å². The lowest BCUT2D eigenvalue weighted by atomic mass is 10.0. The third kappa shape index (κ3) is 21.3. The SMILES string of the molecule is CCCCCCc1csc(-c2ccc(-c3cc(CCCCCC)c(/C=C/c4ccc(N(c5ccc(/C=C/c6sc(-c7ccc(-c8cc(CCCCCC)cs8)c8nsnc78)cc6CCCCCC)cc5)c5ccc(/C=C/c6sc(-c7ccc(-c8cc(CCCCCC)cs8)c8nsnc78)cc6CCCCCC)cc5)cc4)s3)c3nsnc23)c1. The van der Waals surface area contributed by atoms with Crippen molar-refractivity contribution in [3.05, 3.63) is 226 Å². The molecule has 0 saturated heterocycles. The van der Waals surface area contributed by atoms with Crippen LogP contribution < -0.4 is 4.90 Å². The third-order valence-electron chi connectivity index (χ3n) is 22.9. The van der Waals surface area contributed by atoms with Crippen LogP contribution in [-0.2, 0) is 38.5 Å². The van der Waals surface area contributed by atoms with Gasteiger partial charge >= 0.3 is 0 Å². The van der Waals surface area contributed by atoms with Crippen molar-refractivity contribution in [3.8, 4) is 62.6 Å². The van der Waals surface area contributed by atoms with Gasteiger partial charge in [0.1, 0.15) is 33.1 Å². The van der Waals surface area contributed by atoms with E-state index in [1.807, 2.05) is 68.0 Å². The van der Waals surface area contributed by atoms with Crippen molar-refractivity contribution in [2.75, 3.05) is 4.90 Å². The number of aryl methyl sites for hydroxylation is 6. The summed E-state index contributed by atoms with van der Waals surface area (Å²) in [5.74, 6) is 0. The molecule has 0 saturated carbocycles. The molecular weight excluding hydrogens is 1610 g/mol. The van der Waals surface area contributed by atoms with Crippen molar-refractivity contribution in [1.29, 1.82) is 0 Å². The Morgan fingerprint density at radius 1 is 0.246 bits per heavy atom. The molecule has 0 radical (unpaired) electrons. The van der Waals surface area contributed by atoms with Gasteiger partial charge in [-0.15, -0.1) is 68.0 Å². The Morgan fingerprint density at radius 3 is 0.729 bits per heavy atom. The zero-order chi connectivity index (χ0) is 80.8. The number of fused-ring (bicyclic) bond motifs is 3. The number of anilines is 3. The van der Waals surface area contributed by atoms with Crippen molar-refractivity contribution in [3.63, 3.8) is 0 Å². The minimum Gasteiger partial charge on any atom is -0.311 e. The van der Waals surface area contributed by atoms with Crippen LogP contribution in [0.2, 0.25) is 0 Å². The molecule has 0 amide bonds. The second kappa shape index (κ2) is 43.0. The monoisotopic (exact) mass is 1720 g/mol. The molecule has 608 valence electrons. The molecule has 15 rings (SSSR count). The predicted octanol–water partition coefficient (Wildman–Crippen LogP) is 34.8. The summed E-state index contributed by atoms with van der Waals surface area (Å²) >= 11 is 15.2. The molecule has 118 heavy (non-hydrogen) atoms. The summed E-state index contributed by atoms with van der Waals surface area (Å²) in [5, 5.41) is 7.05. The fraction of sp³-hybridized carbons (Fsp3) is 0.353. The van der Waals surface area contributed by atoms with Gasteiger partial charge in [0.05, 0.1) is 35.2 Å². The van der Waals surface area contributed by atoms with Gasteiger partial charge in [0.25, 0.3) is 0 Å². The molecule has 0 fully saturated rings. The van der Waals surface area contributed by atoms with Crippen molar-refractivity contribution in [1.82, 2.24) is 26.2 Å². The standard InChI is InChI=1S/C102H111N7S9/c1-7-13-19-25-31-73-61-91(110-67-73)82-52-55-85(100-97(82)103-116-106-100)94-64-76(34-28-22-16-10-4)88(113-94)58-43-70-37-46-79(47-38-70)109(80-48-39-71(40-49-80)44-59-89-77(35-29-23-17-11-5)65-95(114-89)86-56-53-83(98-101(86)107-117-104-98)92-62-74(68-111-92)32-26-20-14-8-2)81-50-41-72(42-51-81)45-60-90-78(36-30-24-18-12-6)66-96(115-90)87-57-54-84(99-102(87)108-118-105-99)93-63-75(69-112-93)33-27-21-15-9-3/h37-69H,7-36H2,1-6H3/b58-43+,59-44+,60-45+. The van der Waals surface area contributed by atoms with Gasteiger partial charge in [-0.1, -0.05) is 248 Å². The number of hydrogen-bond donors (Lipinski definition) is 0. The van der Waals surface area contributed by atoms with Gasteiger partial charge < -0.3 is 4.90 Å². The van der Waals surface area contributed by atoms with Crippen LogP contribution in [0, 0.1) is 0 Å². The summed E-state index contributed by atoms with van der Waals surface area (Å²) in [6.45, 7) is 13.7. The molecule has 9 aromatic heterocycles. The average molecular weight is 1720 g/mol. The molecular formula is C102H111N7S9. The quantitative estimate of drug-likeness (QED) is 0.0352. The lowest BCUT2D eigenvalue weighted by Crippen LogP contribution is -2.09. The number of benzene rings is 6. The van der Waals surface area contributed by atoms with E-state index in [9.17, 15) is 0 Å². The fourth-order valence-electron chi connectivity index (χ4n) is 16.1. The maximum atomic E-state index is 4.99. The first-order chi connectivity index (χ1) is 58.2. The summed E-state index contributed by atoms with van der Waals surface area (Å²) in [6, 6.07) is 55.8. The molecule has 7 nitrogen and oxygen atoms in total. The fourth-order valence-corrected chi connectivity index (χ4v) is 24.2. The summed E-state index contributed by atoms with van der Waals surface area (Å²) in [6.07, 6.45) is 50.5.